The summed E-state index contributed by atoms with van der Waals surface area (Å²) < 4.78 is 1.61. The van der Waals surface area contributed by atoms with Gasteiger partial charge in [0.25, 0.3) is 0 Å². The monoisotopic (exact) mass is 327 g/mol. The number of nitriles is 1. The molecule has 2 aromatic rings. The van der Waals surface area contributed by atoms with Crippen molar-refractivity contribution in [3.05, 3.63) is 30.1 Å². The van der Waals surface area contributed by atoms with Crippen molar-refractivity contribution in [2.75, 3.05) is 11.9 Å². The van der Waals surface area contributed by atoms with Crippen molar-refractivity contribution in [1.29, 1.82) is 5.26 Å². The predicted molar refractivity (Wildman–Crippen MR) is 89.4 cm³/mol. The van der Waals surface area contributed by atoms with Gasteiger partial charge in [0.05, 0.1) is 18.3 Å². The molecule has 0 bridgehead atoms. The van der Waals surface area contributed by atoms with Crippen molar-refractivity contribution in [3.63, 3.8) is 0 Å². The number of anilines is 1. The number of hydrogen-bond acceptors (Lipinski definition) is 6. The zero-order chi connectivity index (χ0) is 17.7. The summed E-state index contributed by atoms with van der Waals surface area (Å²) in [5.74, 6) is 0.445. The smallest absolute Gasteiger partial charge is 0.240 e. The maximum Gasteiger partial charge on any atom is 0.240 e. The van der Waals surface area contributed by atoms with E-state index >= 15 is 0 Å². The number of carbonyl (C=O) groups excluding carboxylic acids is 1. The molecule has 1 atom stereocenters. The molecule has 0 fully saturated rings. The first-order chi connectivity index (χ1) is 11.4. The van der Waals surface area contributed by atoms with Crippen molar-refractivity contribution < 1.29 is 4.79 Å². The Kier molecular flexibility index (Phi) is 5.14. The minimum Gasteiger partial charge on any atom is -0.376 e. The van der Waals surface area contributed by atoms with Gasteiger partial charge in [-0.05, 0) is 48.4 Å². The van der Waals surface area contributed by atoms with Crippen LogP contribution in [-0.2, 0) is 4.79 Å². The number of rotatable bonds is 6. The molecule has 1 amide bonds. The summed E-state index contributed by atoms with van der Waals surface area (Å²) in [6, 6.07) is 9.58. The van der Waals surface area contributed by atoms with E-state index in [0.717, 1.165) is 11.4 Å². The van der Waals surface area contributed by atoms with Gasteiger partial charge in [0, 0.05) is 5.69 Å². The van der Waals surface area contributed by atoms with Crippen LogP contribution in [0.5, 0.6) is 0 Å². The Bertz CT molecular complexity index is 762. The molecule has 0 radical (unpaired) electrons. The second-order valence-electron chi connectivity index (χ2n) is 6.06. The molecule has 1 aromatic heterocycles. The molecule has 0 unspecified atom stereocenters. The van der Waals surface area contributed by atoms with Crippen molar-refractivity contribution >= 4 is 11.6 Å². The van der Waals surface area contributed by atoms with Gasteiger partial charge in [-0.25, -0.2) is 0 Å². The van der Waals surface area contributed by atoms with Gasteiger partial charge in [0.1, 0.15) is 5.54 Å². The van der Waals surface area contributed by atoms with E-state index in [1.54, 1.807) is 11.6 Å². The molecule has 0 aliphatic heterocycles. The maximum atomic E-state index is 12.1. The molecule has 0 aliphatic rings. The van der Waals surface area contributed by atoms with E-state index in [1.165, 1.54) is 0 Å². The molecule has 8 nitrogen and oxygen atoms in total. The second kappa shape index (κ2) is 7.08. The zero-order valence-corrected chi connectivity index (χ0v) is 14.2. The third kappa shape index (κ3) is 3.87. The fraction of sp³-hybridized carbons (Fsp3) is 0.438. The SMILES string of the molecule is Cc1nnnn1-c1cccc(NCC(=O)N[C@@](C)(C#N)C(C)C)c1. The number of amides is 1. The third-order valence-corrected chi connectivity index (χ3v) is 3.96. The Labute approximate surface area is 140 Å². The Hall–Kier alpha value is -2.95. The fourth-order valence-electron chi connectivity index (χ4n) is 2.04. The molecule has 0 saturated heterocycles. The van der Waals surface area contributed by atoms with Crippen molar-refractivity contribution in [1.82, 2.24) is 25.5 Å². The van der Waals surface area contributed by atoms with Gasteiger partial charge in [0.15, 0.2) is 5.82 Å². The Morgan fingerprint density at radius 1 is 1.46 bits per heavy atom. The first kappa shape index (κ1) is 17.4. The van der Waals surface area contributed by atoms with Gasteiger partial charge >= 0.3 is 0 Å². The summed E-state index contributed by atoms with van der Waals surface area (Å²) in [6.07, 6.45) is 0. The van der Waals surface area contributed by atoms with Gasteiger partial charge in [-0.15, -0.1) is 5.10 Å². The number of nitrogens with one attached hydrogen (secondary N) is 2. The Balaban J connectivity index is 2.02. The third-order valence-electron chi connectivity index (χ3n) is 3.96. The summed E-state index contributed by atoms with van der Waals surface area (Å²) >= 11 is 0. The maximum absolute atomic E-state index is 12.1. The van der Waals surface area contributed by atoms with E-state index in [1.807, 2.05) is 45.0 Å². The van der Waals surface area contributed by atoms with E-state index in [4.69, 9.17) is 0 Å². The standard InChI is InChI=1S/C16H21N7O/c1-11(2)16(4,10-17)19-15(24)9-18-13-6-5-7-14(8-13)23-12(3)20-21-22-23/h5-8,11,18H,9H2,1-4H3,(H,19,24)/t16-/m0/s1. The van der Waals surface area contributed by atoms with E-state index in [9.17, 15) is 10.1 Å². The second-order valence-corrected chi connectivity index (χ2v) is 6.06. The normalized spacial score (nSPS) is 13.2. The number of aryl methyl sites for hydroxylation is 1. The summed E-state index contributed by atoms with van der Waals surface area (Å²) in [5, 5.41) is 26.4. The highest BCUT2D eigenvalue weighted by Gasteiger charge is 2.29. The van der Waals surface area contributed by atoms with Crippen LogP contribution in [0, 0.1) is 24.2 Å². The lowest BCUT2D eigenvalue weighted by Crippen LogP contribution is -2.50. The first-order valence-electron chi connectivity index (χ1n) is 7.67. The molecular weight excluding hydrogens is 306 g/mol. The lowest BCUT2D eigenvalue weighted by atomic mass is 9.90. The molecule has 24 heavy (non-hydrogen) atoms. The number of hydrogen-bond donors (Lipinski definition) is 2. The number of carbonyl (C=O) groups is 1. The van der Waals surface area contributed by atoms with Crippen LogP contribution in [0.25, 0.3) is 5.69 Å². The molecular formula is C16H21N7O. The summed E-state index contributed by atoms with van der Waals surface area (Å²) in [6.45, 7) is 7.39. The van der Waals surface area contributed by atoms with E-state index in [2.05, 4.69) is 32.2 Å². The summed E-state index contributed by atoms with van der Waals surface area (Å²) in [7, 11) is 0. The molecule has 2 rings (SSSR count). The van der Waals surface area contributed by atoms with Crippen LogP contribution >= 0.6 is 0 Å². The quantitative estimate of drug-likeness (QED) is 0.831. The Morgan fingerprint density at radius 2 is 2.21 bits per heavy atom. The van der Waals surface area contributed by atoms with Crippen LogP contribution in [0.4, 0.5) is 5.69 Å². The number of nitrogens with zero attached hydrogens (tertiary/aromatic N) is 5. The van der Waals surface area contributed by atoms with Crippen molar-refractivity contribution in [3.8, 4) is 11.8 Å². The van der Waals surface area contributed by atoms with Gasteiger partial charge < -0.3 is 10.6 Å². The molecule has 2 N–H and O–H groups in total. The summed E-state index contributed by atoms with van der Waals surface area (Å²) in [4.78, 5) is 12.1. The highest BCUT2D eigenvalue weighted by atomic mass is 16.2. The van der Waals surface area contributed by atoms with Crippen LogP contribution < -0.4 is 10.6 Å². The average molecular weight is 327 g/mol. The van der Waals surface area contributed by atoms with Crippen LogP contribution in [0.15, 0.2) is 24.3 Å². The first-order valence-corrected chi connectivity index (χ1v) is 7.67. The lowest BCUT2D eigenvalue weighted by molar-refractivity contribution is -0.121. The van der Waals surface area contributed by atoms with Crippen LogP contribution in [-0.4, -0.2) is 38.2 Å². The average Bonchev–Trinajstić information content (AvgIpc) is 2.99. The van der Waals surface area contributed by atoms with Crippen LogP contribution in [0.2, 0.25) is 0 Å². The molecule has 1 aromatic carbocycles. The molecule has 0 spiro atoms. The summed E-state index contributed by atoms with van der Waals surface area (Å²) in [5.41, 5.74) is 0.678. The minimum atomic E-state index is -0.885. The van der Waals surface area contributed by atoms with Crippen LogP contribution in [0.3, 0.4) is 0 Å². The van der Waals surface area contributed by atoms with E-state index in [-0.39, 0.29) is 18.4 Å². The molecule has 126 valence electrons. The highest BCUT2D eigenvalue weighted by molar-refractivity contribution is 5.82. The largest absolute Gasteiger partial charge is 0.376 e. The van der Waals surface area contributed by atoms with Crippen LogP contribution in [0.1, 0.15) is 26.6 Å². The van der Waals surface area contributed by atoms with Crippen molar-refractivity contribution in [2.45, 2.75) is 33.2 Å². The lowest BCUT2D eigenvalue weighted by Gasteiger charge is -2.27. The molecule has 1 heterocycles. The highest BCUT2D eigenvalue weighted by Crippen LogP contribution is 2.16. The van der Waals surface area contributed by atoms with Gasteiger partial charge in [-0.3, -0.25) is 4.79 Å². The fourth-order valence-corrected chi connectivity index (χ4v) is 2.04. The topological polar surface area (TPSA) is 109 Å². The minimum absolute atomic E-state index is 0.0116. The zero-order valence-electron chi connectivity index (χ0n) is 14.2. The molecule has 0 saturated carbocycles. The molecule has 8 heteroatoms. The number of tetrazole rings is 1. The Morgan fingerprint density at radius 3 is 2.79 bits per heavy atom. The predicted octanol–water partition coefficient (Wildman–Crippen LogP) is 1.44. The van der Waals surface area contributed by atoms with E-state index in [0.29, 0.717) is 5.82 Å². The number of aromatic nitrogens is 4. The number of benzene rings is 1. The molecule has 0 aliphatic carbocycles. The van der Waals surface area contributed by atoms with Gasteiger partial charge in [-0.1, -0.05) is 19.9 Å². The van der Waals surface area contributed by atoms with E-state index < -0.39 is 5.54 Å². The van der Waals surface area contributed by atoms with Gasteiger partial charge in [0.2, 0.25) is 5.91 Å². The van der Waals surface area contributed by atoms with Crippen molar-refractivity contribution in [2.24, 2.45) is 5.92 Å². The van der Waals surface area contributed by atoms with Gasteiger partial charge in [-0.2, -0.15) is 9.94 Å².